The molecule has 0 atom stereocenters. The predicted molar refractivity (Wildman–Crippen MR) is 53.7 cm³/mol. The van der Waals surface area contributed by atoms with Crippen LogP contribution in [0.1, 0.15) is 18.4 Å². The van der Waals surface area contributed by atoms with Crippen molar-refractivity contribution in [1.82, 2.24) is 0 Å². The van der Waals surface area contributed by atoms with Crippen molar-refractivity contribution in [2.24, 2.45) is 4.99 Å². The number of hydrogen-bond acceptors (Lipinski definition) is 4. The molecule has 1 aliphatic rings. The van der Waals surface area contributed by atoms with Crippen molar-refractivity contribution >= 4 is 6.08 Å². The van der Waals surface area contributed by atoms with E-state index in [9.17, 15) is 14.3 Å². The first-order valence-corrected chi connectivity index (χ1v) is 4.79. The Morgan fingerprint density at radius 3 is 2.69 bits per heavy atom. The van der Waals surface area contributed by atoms with Crippen molar-refractivity contribution < 1.29 is 19.0 Å². The van der Waals surface area contributed by atoms with Gasteiger partial charge in [-0.05, 0) is 12.8 Å². The highest BCUT2D eigenvalue weighted by Gasteiger charge is 2.48. The summed E-state index contributed by atoms with van der Waals surface area (Å²) in [5.74, 6) is -0.633. The number of halogens is 1. The Morgan fingerprint density at radius 1 is 1.56 bits per heavy atom. The molecule has 1 aromatic rings. The van der Waals surface area contributed by atoms with Crippen LogP contribution in [0.3, 0.4) is 0 Å². The lowest BCUT2D eigenvalue weighted by molar-refractivity contribution is 0.396. The first-order valence-electron chi connectivity index (χ1n) is 4.79. The lowest BCUT2D eigenvalue weighted by atomic mass is 10.0. The molecule has 5 heteroatoms. The molecule has 0 spiro atoms. The number of rotatable bonds is 3. The smallest absolute Gasteiger partial charge is 0.235 e. The SMILES string of the molecule is COc1cc(O)c(C2(N=C=O)CC2)c(F)c1. The molecule has 0 unspecified atom stereocenters. The van der Waals surface area contributed by atoms with Crippen LogP contribution in [0, 0.1) is 5.82 Å². The third-order valence-corrected chi connectivity index (χ3v) is 2.73. The van der Waals surface area contributed by atoms with Crippen LogP contribution in [0.15, 0.2) is 17.1 Å². The zero-order valence-electron chi connectivity index (χ0n) is 8.66. The van der Waals surface area contributed by atoms with Gasteiger partial charge in [0.25, 0.3) is 0 Å². The quantitative estimate of drug-likeness (QED) is 0.628. The number of nitrogens with zero attached hydrogens (tertiary/aromatic N) is 1. The molecule has 0 bridgehead atoms. The average Bonchev–Trinajstić information content (AvgIpc) is 2.98. The lowest BCUT2D eigenvalue weighted by Crippen LogP contribution is -2.06. The Labute approximate surface area is 91.4 Å². The van der Waals surface area contributed by atoms with Crippen LogP contribution in [0.25, 0.3) is 0 Å². The van der Waals surface area contributed by atoms with Gasteiger partial charge in [-0.25, -0.2) is 9.18 Å². The highest BCUT2D eigenvalue weighted by Crippen LogP contribution is 2.53. The van der Waals surface area contributed by atoms with Gasteiger partial charge in [0.2, 0.25) is 6.08 Å². The zero-order valence-corrected chi connectivity index (χ0v) is 8.66. The highest BCUT2D eigenvalue weighted by molar-refractivity contribution is 5.50. The summed E-state index contributed by atoms with van der Waals surface area (Å²) in [5, 5.41) is 9.70. The molecule has 0 heterocycles. The number of ether oxygens (including phenoxy) is 1. The van der Waals surface area contributed by atoms with Crippen LogP contribution in [0.5, 0.6) is 11.5 Å². The summed E-state index contributed by atoms with van der Waals surface area (Å²) in [4.78, 5) is 13.8. The zero-order chi connectivity index (χ0) is 11.8. The van der Waals surface area contributed by atoms with E-state index in [2.05, 4.69) is 4.99 Å². The van der Waals surface area contributed by atoms with Gasteiger partial charge in [-0.1, -0.05) is 0 Å². The molecular formula is C11H10FNO3. The van der Waals surface area contributed by atoms with E-state index < -0.39 is 11.4 Å². The van der Waals surface area contributed by atoms with E-state index in [0.717, 1.165) is 6.07 Å². The van der Waals surface area contributed by atoms with Crippen LogP contribution in [0.2, 0.25) is 0 Å². The molecule has 1 N–H and O–H groups in total. The second-order valence-electron chi connectivity index (χ2n) is 3.74. The van der Waals surface area contributed by atoms with Crippen LogP contribution in [-0.4, -0.2) is 18.3 Å². The molecule has 0 aromatic heterocycles. The predicted octanol–water partition coefficient (Wildman–Crippen LogP) is 1.86. The van der Waals surface area contributed by atoms with E-state index in [1.807, 2.05) is 0 Å². The first-order chi connectivity index (χ1) is 7.63. The summed E-state index contributed by atoms with van der Waals surface area (Å²) >= 11 is 0. The van der Waals surface area contributed by atoms with Crippen LogP contribution in [0.4, 0.5) is 4.39 Å². The van der Waals surface area contributed by atoms with Crippen molar-refractivity contribution in [2.75, 3.05) is 7.11 Å². The van der Waals surface area contributed by atoms with Gasteiger partial charge >= 0.3 is 0 Å². The van der Waals surface area contributed by atoms with E-state index in [0.29, 0.717) is 12.8 Å². The first kappa shape index (κ1) is 10.6. The molecule has 16 heavy (non-hydrogen) atoms. The molecule has 1 aromatic carbocycles. The number of hydrogen-bond donors (Lipinski definition) is 1. The monoisotopic (exact) mass is 223 g/mol. The third-order valence-electron chi connectivity index (χ3n) is 2.73. The number of isocyanates is 1. The summed E-state index contributed by atoms with van der Waals surface area (Å²) in [7, 11) is 1.38. The third kappa shape index (κ3) is 1.55. The maximum atomic E-state index is 13.7. The van der Waals surface area contributed by atoms with Gasteiger partial charge in [-0.2, -0.15) is 4.99 Å². The fraction of sp³-hybridized carbons (Fsp3) is 0.364. The second-order valence-corrected chi connectivity index (χ2v) is 3.74. The molecule has 0 amide bonds. The topological polar surface area (TPSA) is 58.9 Å². The summed E-state index contributed by atoms with van der Waals surface area (Å²) < 4.78 is 18.5. The van der Waals surface area contributed by atoms with E-state index in [4.69, 9.17) is 4.74 Å². The summed E-state index contributed by atoms with van der Waals surface area (Å²) in [5.41, 5.74) is -0.862. The minimum absolute atomic E-state index is 0.0525. The maximum Gasteiger partial charge on any atom is 0.235 e. The van der Waals surface area contributed by atoms with E-state index in [-0.39, 0.29) is 17.1 Å². The van der Waals surface area contributed by atoms with E-state index >= 15 is 0 Å². The minimum atomic E-state index is -0.914. The van der Waals surface area contributed by atoms with E-state index in [1.54, 1.807) is 0 Å². The molecule has 2 rings (SSSR count). The largest absolute Gasteiger partial charge is 0.507 e. The van der Waals surface area contributed by atoms with Crippen LogP contribution in [-0.2, 0) is 10.3 Å². The highest BCUT2D eigenvalue weighted by atomic mass is 19.1. The van der Waals surface area contributed by atoms with Gasteiger partial charge in [0, 0.05) is 12.1 Å². The molecule has 4 nitrogen and oxygen atoms in total. The van der Waals surface area contributed by atoms with Crippen molar-refractivity contribution in [2.45, 2.75) is 18.4 Å². The summed E-state index contributed by atoms with van der Waals surface area (Å²) in [6.07, 6.45) is 2.50. The number of phenolic OH excluding ortho intramolecular Hbond substituents is 1. The van der Waals surface area contributed by atoms with Gasteiger partial charge in [0.05, 0.1) is 12.7 Å². The number of phenols is 1. The number of aliphatic imine (C=N–C) groups is 1. The summed E-state index contributed by atoms with van der Waals surface area (Å²) in [6.45, 7) is 0. The number of aromatic hydroxyl groups is 1. The number of methoxy groups -OCH3 is 1. The Bertz CT molecular complexity index is 453. The van der Waals surface area contributed by atoms with E-state index in [1.165, 1.54) is 19.3 Å². The second kappa shape index (κ2) is 3.61. The van der Waals surface area contributed by atoms with Crippen molar-refractivity contribution in [1.29, 1.82) is 0 Å². The molecule has 1 saturated carbocycles. The Morgan fingerprint density at radius 2 is 2.25 bits per heavy atom. The van der Waals surface area contributed by atoms with Gasteiger partial charge in [-0.3, -0.25) is 0 Å². The van der Waals surface area contributed by atoms with Crippen molar-refractivity contribution in [3.05, 3.63) is 23.5 Å². The average molecular weight is 223 g/mol. The standard InChI is InChI=1S/C11H10FNO3/c1-16-7-4-8(12)10(9(15)5-7)11(2-3-11)13-6-14/h4-5,15H,2-3H2,1H3. The van der Waals surface area contributed by atoms with Crippen molar-refractivity contribution in [3.8, 4) is 11.5 Å². The van der Waals surface area contributed by atoms with Gasteiger partial charge in [0.15, 0.2) is 0 Å². The molecule has 0 radical (unpaired) electrons. The normalized spacial score (nSPS) is 16.4. The fourth-order valence-corrected chi connectivity index (χ4v) is 1.77. The summed E-state index contributed by atoms with van der Waals surface area (Å²) in [6, 6.07) is 2.47. The Hall–Kier alpha value is -1.87. The lowest BCUT2D eigenvalue weighted by Gasteiger charge is -2.12. The minimum Gasteiger partial charge on any atom is -0.507 e. The molecule has 0 aliphatic heterocycles. The van der Waals surface area contributed by atoms with Gasteiger partial charge < -0.3 is 9.84 Å². The maximum absolute atomic E-state index is 13.7. The molecule has 84 valence electrons. The fourth-order valence-electron chi connectivity index (χ4n) is 1.77. The van der Waals surface area contributed by atoms with Crippen LogP contribution < -0.4 is 4.74 Å². The van der Waals surface area contributed by atoms with Gasteiger partial charge in [0.1, 0.15) is 22.9 Å². The molecule has 1 fully saturated rings. The van der Waals surface area contributed by atoms with Crippen molar-refractivity contribution in [3.63, 3.8) is 0 Å². The number of carbonyl (C=O) groups excluding carboxylic acids is 1. The number of benzene rings is 1. The van der Waals surface area contributed by atoms with Gasteiger partial charge in [-0.15, -0.1) is 0 Å². The molecule has 0 saturated heterocycles. The Kier molecular flexibility index (Phi) is 2.40. The molecule has 1 aliphatic carbocycles. The van der Waals surface area contributed by atoms with Crippen LogP contribution >= 0.6 is 0 Å². The Balaban J connectivity index is 2.54. The molecular weight excluding hydrogens is 213 g/mol.